The van der Waals surface area contributed by atoms with Crippen LogP contribution in [0.2, 0.25) is 0 Å². The molecule has 10 heteroatoms. The molecule has 2 aromatic heterocycles. The monoisotopic (exact) mass is 456 g/mol. The summed E-state index contributed by atoms with van der Waals surface area (Å²) in [5, 5.41) is 9.80. The number of thiophene rings is 2. The minimum atomic E-state index is -0.931. The number of hydrazone groups is 1. The Balaban J connectivity index is 1.38. The third-order valence-electron chi connectivity index (χ3n) is 5.91. The van der Waals surface area contributed by atoms with E-state index in [1.165, 1.54) is 16.3 Å². The molecule has 0 radical (unpaired) electrons. The van der Waals surface area contributed by atoms with E-state index in [-0.39, 0.29) is 12.1 Å². The van der Waals surface area contributed by atoms with Crippen LogP contribution >= 0.6 is 22.7 Å². The van der Waals surface area contributed by atoms with Crippen LogP contribution in [0.4, 0.5) is 4.79 Å². The molecule has 1 atom stereocenters. The van der Waals surface area contributed by atoms with Crippen molar-refractivity contribution in [2.24, 2.45) is 5.10 Å². The minimum Gasteiger partial charge on any atom is -0.271 e. The van der Waals surface area contributed by atoms with Crippen LogP contribution in [-0.4, -0.2) is 56.9 Å². The van der Waals surface area contributed by atoms with Crippen molar-refractivity contribution in [3.05, 3.63) is 44.8 Å². The highest BCUT2D eigenvalue weighted by Gasteiger charge is 2.49. The van der Waals surface area contributed by atoms with Gasteiger partial charge < -0.3 is 0 Å². The number of rotatable bonds is 5. The van der Waals surface area contributed by atoms with Crippen molar-refractivity contribution in [2.45, 2.75) is 44.2 Å². The predicted molar refractivity (Wildman–Crippen MR) is 116 cm³/mol. The van der Waals surface area contributed by atoms with Crippen molar-refractivity contribution in [2.75, 3.05) is 6.54 Å². The number of carbonyl (C=O) groups excluding carboxylic acids is 4. The summed E-state index contributed by atoms with van der Waals surface area (Å²) >= 11 is 3.07. The summed E-state index contributed by atoms with van der Waals surface area (Å²) in [6.07, 6.45) is 3.81. The van der Waals surface area contributed by atoms with Crippen LogP contribution in [0.5, 0.6) is 0 Å². The van der Waals surface area contributed by atoms with Gasteiger partial charge in [0, 0.05) is 17.3 Å². The van der Waals surface area contributed by atoms with Gasteiger partial charge in [0.25, 0.3) is 5.91 Å². The minimum absolute atomic E-state index is 0.252. The van der Waals surface area contributed by atoms with Gasteiger partial charge in [-0.2, -0.15) is 5.10 Å². The molecule has 0 spiro atoms. The Morgan fingerprint density at radius 1 is 1.03 bits per heavy atom. The molecule has 0 N–H and O–H groups in total. The molecule has 31 heavy (non-hydrogen) atoms. The van der Waals surface area contributed by atoms with Gasteiger partial charge >= 0.3 is 17.8 Å². The van der Waals surface area contributed by atoms with Crippen LogP contribution in [0.15, 0.2) is 40.1 Å². The van der Waals surface area contributed by atoms with E-state index in [1.807, 2.05) is 35.0 Å². The highest BCUT2D eigenvalue weighted by molar-refractivity contribution is 7.12. The van der Waals surface area contributed by atoms with Crippen LogP contribution in [0.3, 0.4) is 0 Å². The van der Waals surface area contributed by atoms with Crippen molar-refractivity contribution >= 4 is 52.1 Å². The molecule has 0 bridgehead atoms. The van der Waals surface area contributed by atoms with Gasteiger partial charge in [0.15, 0.2) is 0 Å². The molecule has 1 saturated heterocycles. The third-order valence-corrected chi connectivity index (χ3v) is 7.80. The Hall–Kier alpha value is -2.85. The SMILES string of the molecule is O=C1C(=O)N(C2CCCC2)C(=O)N1CC(=O)N1N=C(c2cccs2)C[C@@H]1c1cccs1. The van der Waals surface area contributed by atoms with E-state index < -0.39 is 30.3 Å². The quantitative estimate of drug-likeness (QED) is 0.510. The van der Waals surface area contributed by atoms with Gasteiger partial charge in [-0.15, -0.1) is 22.7 Å². The Kier molecular flexibility index (Phi) is 5.19. The molecule has 8 nitrogen and oxygen atoms in total. The maximum Gasteiger partial charge on any atom is 0.334 e. The summed E-state index contributed by atoms with van der Waals surface area (Å²) < 4.78 is 0. The second kappa shape index (κ2) is 8.01. The van der Waals surface area contributed by atoms with Gasteiger partial charge in [-0.3, -0.25) is 19.3 Å². The van der Waals surface area contributed by atoms with E-state index in [4.69, 9.17) is 0 Å². The summed E-state index contributed by atoms with van der Waals surface area (Å²) in [6, 6.07) is 6.51. The van der Waals surface area contributed by atoms with E-state index in [2.05, 4.69) is 5.10 Å². The summed E-state index contributed by atoms with van der Waals surface area (Å²) in [7, 11) is 0. The summed E-state index contributed by atoms with van der Waals surface area (Å²) in [4.78, 5) is 54.7. The van der Waals surface area contributed by atoms with Gasteiger partial charge in [-0.25, -0.2) is 14.7 Å². The average molecular weight is 457 g/mol. The van der Waals surface area contributed by atoms with Gasteiger partial charge in [-0.05, 0) is 35.7 Å². The molecule has 4 heterocycles. The van der Waals surface area contributed by atoms with Crippen LogP contribution in [0.1, 0.15) is 47.9 Å². The second-order valence-electron chi connectivity index (χ2n) is 7.78. The largest absolute Gasteiger partial charge is 0.334 e. The van der Waals surface area contributed by atoms with E-state index in [1.54, 1.807) is 11.3 Å². The summed E-state index contributed by atoms with van der Waals surface area (Å²) in [5.41, 5.74) is 0.796. The maximum atomic E-state index is 13.2. The molecule has 0 aromatic carbocycles. The van der Waals surface area contributed by atoms with Crippen molar-refractivity contribution < 1.29 is 19.2 Å². The summed E-state index contributed by atoms with van der Waals surface area (Å²) in [5.74, 6) is -2.24. The molecule has 5 amide bonds. The first-order valence-electron chi connectivity index (χ1n) is 10.2. The first-order chi connectivity index (χ1) is 15.0. The van der Waals surface area contributed by atoms with Crippen molar-refractivity contribution in [1.29, 1.82) is 0 Å². The highest BCUT2D eigenvalue weighted by Crippen LogP contribution is 2.36. The lowest BCUT2D eigenvalue weighted by atomic mass is 10.1. The van der Waals surface area contributed by atoms with E-state index in [9.17, 15) is 19.2 Å². The van der Waals surface area contributed by atoms with Crippen molar-refractivity contribution in [3.8, 4) is 0 Å². The number of amides is 5. The first kappa shape index (κ1) is 20.1. The lowest BCUT2D eigenvalue weighted by Gasteiger charge is -2.24. The standard InChI is InChI=1S/C21H20N4O4S2/c26-18(12-23-19(27)20(28)24(21(23)29)13-5-1-2-6-13)25-15(17-8-4-10-31-17)11-14(22-25)16-7-3-9-30-16/h3-4,7-10,13,15H,1-2,5-6,11-12H2/t15-/m1/s1. The Labute approximate surface area is 186 Å². The van der Waals surface area contributed by atoms with Crippen LogP contribution in [0, 0.1) is 0 Å². The van der Waals surface area contributed by atoms with E-state index >= 15 is 0 Å². The lowest BCUT2D eigenvalue weighted by Crippen LogP contribution is -2.43. The molecule has 2 aliphatic heterocycles. The number of hydrogen-bond donors (Lipinski definition) is 0. The second-order valence-corrected chi connectivity index (χ2v) is 9.71. The molecular formula is C21H20N4O4S2. The fourth-order valence-electron chi connectivity index (χ4n) is 4.39. The van der Waals surface area contributed by atoms with E-state index in [0.29, 0.717) is 19.3 Å². The Morgan fingerprint density at radius 2 is 1.77 bits per heavy atom. The molecule has 3 aliphatic rings. The number of urea groups is 1. The zero-order valence-corrected chi connectivity index (χ0v) is 18.2. The van der Waals surface area contributed by atoms with Crippen molar-refractivity contribution in [3.63, 3.8) is 0 Å². The zero-order valence-electron chi connectivity index (χ0n) is 16.6. The molecule has 5 rings (SSSR count). The van der Waals surface area contributed by atoms with Gasteiger partial charge in [0.05, 0.1) is 16.6 Å². The predicted octanol–water partition coefficient (Wildman–Crippen LogP) is 3.22. The van der Waals surface area contributed by atoms with Gasteiger partial charge in [0.1, 0.15) is 6.54 Å². The normalized spacial score (nSPS) is 22.2. The van der Waals surface area contributed by atoms with Crippen LogP contribution in [-0.2, 0) is 14.4 Å². The van der Waals surface area contributed by atoms with Crippen LogP contribution in [0.25, 0.3) is 0 Å². The smallest absolute Gasteiger partial charge is 0.271 e. The van der Waals surface area contributed by atoms with Gasteiger partial charge in [-0.1, -0.05) is 25.0 Å². The number of imide groups is 2. The molecule has 1 aliphatic carbocycles. The molecule has 2 aromatic rings. The highest BCUT2D eigenvalue weighted by atomic mass is 32.1. The van der Waals surface area contributed by atoms with Crippen molar-refractivity contribution in [1.82, 2.24) is 14.8 Å². The maximum absolute atomic E-state index is 13.2. The Bertz CT molecular complexity index is 1060. The number of nitrogens with zero attached hydrogens (tertiary/aromatic N) is 4. The zero-order chi connectivity index (χ0) is 21.5. The summed E-state index contributed by atoms with van der Waals surface area (Å²) in [6.45, 7) is -0.490. The topological polar surface area (TPSA) is 90.4 Å². The molecule has 2 fully saturated rings. The lowest BCUT2D eigenvalue weighted by molar-refractivity contribution is -0.145. The number of hydrogen-bond acceptors (Lipinski definition) is 7. The molecular weight excluding hydrogens is 436 g/mol. The van der Waals surface area contributed by atoms with Crippen LogP contribution < -0.4 is 0 Å². The number of carbonyl (C=O) groups is 4. The molecule has 1 saturated carbocycles. The van der Waals surface area contributed by atoms with Gasteiger partial charge in [0.2, 0.25) is 0 Å². The Morgan fingerprint density at radius 3 is 2.45 bits per heavy atom. The first-order valence-corrected chi connectivity index (χ1v) is 12.0. The van der Waals surface area contributed by atoms with E-state index in [0.717, 1.165) is 38.1 Å². The fourth-order valence-corrected chi connectivity index (χ4v) is 5.92. The third kappa shape index (κ3) is 3.49. The average Bonchev–Trinajstić information content (AvgIpc) is 3.57. The molecule has 160 valence electrons. The molecule has 0 unspecified atom stereocenters. The fraction of sp³-hybridized carbons (Fsp3) is 0.381.